The molecule has 1 aromatic carbocycles. The number of rotatable bonds is 5. The molecule has 3 rings (SSSR count). The Kier molecular flexibility index (Phi) is 4.33. The summed E-state index contributed by atoms with van der Waals surface area (Å²) in [6.07, 6.45) is 2.28. The highest BCUT2D eigenvalue weighted by Gasteiger charge is 2.11. The SMILES string of the molecule is COc1ccc(Cc2cc(C(=O)Nc3ccccn3)n[nH]2)cc1. The van der Waals surface area contributed by atoms with Crippen LogP contribution in [-0.2, 0) is 6.42 Å². The molecule has 0 saturated heterocycles. The number of benzene rings is 1. The first-order valence-corrected chi connectivity index (χ1v) is 7.14. The van der Waals surface area contributed by atoms with Crippen LogP contribution < -0.4 is 10.1 Å². The van der Waals surface area contributed by atoms with E-state index in [1.165, 1.54) is 0 Å². The van der Waals surface area contributed by atoms with Crippen LogP contribution in [0.15, 0.2) is 54.7 Å². The summed E-state index contributed by atoms with van der Waals surface area (Å²) >= 11 is 0. The van der Waals surface area contributed by atoms with E-state index in [0.717, 1.165) is 17.0 Å². The summed E-state index contributed by atoms with van der Waals surface area (Å²) in [4.78, 5) is 16.2. The van der Waals surface area contributed by atoms with Gasteiger partial charge in [0.25, 0.3) is 5.91 Å². The van der Waals surface area contributed by atoms with Crippen LogP contribution in [0, 0.1) is 0 Å². The third-order valence-electron chi connectivity index (χ3n) is 3.32. The van der Waals surface area contributed by atoms with Gasteiger partial charge in [0.2, 0.25) is 0 Å². The number of carbonyl (C=O) groups excluding carboxylic acids is 1. The molecule has 0 aliphatic heterocycles. The lowest BCUT2D eigenvalue weighted by molar-refractivity contribution is 0.102. The second-order valence-corrected chi connectivity index (χ2v) is 4.97. The molecule has 6 heteroatoms. The van der Waals surface area contributed by atoms with Crippen molar-refractivity contribution in [3.05, 3.63) is 71.7 Å². The van der Waals surface area contributed by atoms with Gasteiger partial charge in [0.15, 0.2) is 5.69 Å². The highest BCUT2D eigenvalue weighted by atomic mass is 16.5. The Morgan fingerprint density at radius 3 is 2.74 bits per heavy atom. The lowest BCUT2D eigenvalue weighted by atomic mass is 10.1. The molecule has 0 aliphatic rings. The standard InChI is InChI=1S/C17H16N4O2/c1-23-14-7-5-12(6-8-14)10-13-11-15(21-20-13)17(22)19-16-4-2-3-9-18-16/h2-9,11H,10H2,1H3,(H,20,21)(H,18,19,22). The van der Waals surface area contributed by atoms with E-state index in [1.807, 2.05) is 30.3 Å². The van der Waals surface area contributed by atoms with E-state index in [1.54, 1.807) is 31.5 Å². The number of aromatic amines is 1. The molecule has 0 spiro atoms. The molecule has 116 valence electrons. The number of nitrogens with one attached hydrogen (secondary N) is 2. The van der Waals surface area contributed by atoms with Crippen molar-refractivity contribution in [2.45, 2.75) is 6.42 Å². The smallest absolute Gasteiger partial charge is 0.277 e. The van der Waals surface area contributed by atoms with Gasteiger partial charge in [-0.3, -0.25) is 9.89 Å². The van der Waals surface area contributed by atoms with Gasteiger partial charge in [-0.1, -0.05) is 18.2 Å². The lowest BCUT2D eigenvalue weighted by Gasteiger charge is -2.01. The number of anilines is 1. The van der Waals surface area contributed by atoms with Crippen molar-refractivity contribution in [3.63, 3.8) is 0 Å². The Morgan fingerprint density at radius 1 is 1.22 bits per heavy atom. The Hall–Kier alpha value is -3.15. The summed E-state index contributed by atoms with van der Waals surface area (Å²) in [5.41, 5.74) is 2.30. The van der Waals surface area contributed by atoms with Crippen molar-refractivity contribution in [3.8, 4) is 5.75 Å². The maximum Gasteiger partial charge on any atom is 0.277 e. The maximum absolute atomic E-state index is 12.1. The minimum absolute atomic E-state index is 0.291. The van der Waals surface area contributed by atoms with Crippen LogP contribution in [0.2, 0.25) is 0 Å². The van der Waals surface area contributed by atoms with Crippen LogP contribution in [0.25, 0.3) is 0 Å². The van der Waals surface area contributed by atoms with Crippen LogP contribution in [0.4, 0.5) is 5.82 Å². The van der Waals surface area contributed by atoms with Gasteiger partial charge in [0.1, 0.15) is 11.6 Å². The number of aromatic nitrogens is 3. The van der Waals surface area contributed by atoms with Gasteiger partial charge < -0.3 is 10.1 Å². The Labute approximate surface area is 133 Å². The molecule has 0 radical (unpaired) electrons. The minimum atomic E-state index is -0.291. The zero-order chi connectivity index (χ0) is 16.1. The first-order valence-electron chi connectivity index (χ1n) is 7.14. The first kappa shape index (κ1) is 14.8. The van der Waals surface area contributed by atoms with Gasteiger partial charge >= 0.3 is 0 Å². The number of amides is 1. The highest BCUT2D eigenvalue weighted by Crippen LogP contribution is 2.14. The second-order valence-electron chi connectivity index (χ2n) is 4.97. The molecule has 6 nitrogen and oxygen atoms in total. The van der Waals surface area contributed by atoms with E-state index >= 15 is 0 Å². The fourth-order valence-electron chi connectivity index (χ4n) is 2.15. The molecule has 2 N–H and O–H groups in total. The number of hydrogen-bond acceptors (Lipinski definition) is 4. The van der Waals surface area contributed by atoms with Gasteiger partial charge in [-0.2, -0.15) is 5.10 Å². The van der Waals surface area contributed by atoms with Gasteiger partial charge in [0.05, 0.1) is 7.11 Å². The molecule has 2 aromatic heterocycles. The molecule has 0 atom stereocenters. The number of nitrogens with zero attached hydrogens (tertiary/aromatic N) is 2. The van der Waals surface area contributed by atoms with E-state index in [9.17, 15) is 4.79 Å². The fraction of sp³-hybridized carbons (Fsp3) is 0.118. The van der Waals surface area contributed by atoms with E-state index < -0.39 is 0 Å². The molecular formula is C17H16N4O2. The largest absolute Gasteiger partial charge is 0.497 e. The molecule has 0 unspecified atom stereocenters. The van der Waals surface area contributed by atoms with Crippen molar-refractivity contribution in [1.82, 2.24) is 15.2 Å². The van der Waals surface area contributed by atoms with Crippen LogP contribution in [-0.4, -0.2) is 28.2 Å². The summed E-state index contributed by atoms with van der Waals surface area (Å²) in [6.45, 7) is 0. The quantitative estimate of drug-likeness (QED) is 0.759. The minimum Gasteiger partial charge on any atom is -0.497 e. The van der Waals surface area contributed by atoms with E-state index in [4.69, 9.17) is 4.74 Å². The van der Waals surface area contributed by atoms with Crippen LogP contribution in [0.1, 0.15) is 21.7 Å². The zero-order valence-electron chi connectivity index (χ0n) is 12.6. The predicted molar refractivity (Wildman–Crippen MR) is 86.6 cm³/mol. The first-order chi connectivity index (χ1) is 11.2. The molecule has 0 fully saturated rings. The third-order valence-corrected chi connectivity index (χ3v) is 3.32. The Balaban J connectivity index is 1.66. The molecule has 23 heavy (non-hydrogen) atoms. The molecule has 0 saturated carbocycles. The fourth-order valence-corrected chi connectivity index (χ4v) is 2.15. The molecule has 2 heterocycles. The van der Waals surface area contributed by atoms with Gasteiger partial charge in [-0.05, 0) is 35.9 Å². The number of methoxy groups -OCH3 is 1. The van der Waals surface area contributed by atoms with E-state index in [2.05, 4.69) is 20.5 Å². The Morgan fingerprint density at radius 2 is 2.04 bits per heavy atom. The molecule has 0 aliphatic carbocycles. The lowest BCUT2D eigenvalue weighted by Crippen LogP contribution is -2.13. The highest BCUT2D eigenvalue weighted by molar-refractivity contribution is 6.02. The Bertz CT molecular complexity index is 782. The summed E-state index contributed by atoms with van der Waals surface area (Å²) in [7, 11) is 1.64. The van der Waals surface area contributed by atoms with Crippen molar-refractivity contribution in [2.24, 2.45) is 0 Å². The summed E-state index contributed by atoms with van der Waals surface area (Å²) < 4.78 is 5.13. The van der Waals surface area contributed by atoms with Crippen LogP contribution >= 0.6 is 0 Å². The van der Waals surface area contributed by atoms with E-state index in [0.29, 0.717) is 17.9 Å². The average molecular weight is 308 g/mol. The van der Waals surface area contributed by atoms with Crippen LogP contribution in [0.3, 0.4) is 0 Å². The number of hydrogen-bond donors (Lipinski definition) is 2. The van der Waals surface area contributed by atoms with Crippen molar-refractivity contribution in [1.29, 1.82) is 0 Å². The summed E-state index contributed by atoms with van der Waals surface area (Å²) in [5.74, 6) is 1.02. The topological polar surface area (TPSA) is 79.9 Å². The van der Waals surface area contributed by atoms with Crippen LogP contribution in [0.5, 0.6) is 5.75 Å². The predicted octanol–water partition coefficient (Wildman–Crippen LogP) is 2.66. The summed E-state index contributed by atoms with van der Waals surface area (Å²) in [5, 5.41) is 9.64. The zero-order valence-corrected chi connectivity index (χ0v) is 12.6. The maximum atomic E-state index is 12.1. The van der Waals surface area contributed by atoms with Gasteiger partial charge in [-0.15, -0.1) is 0 Å². The van der Waals surface area contributed by atoms with E-state index in [-0.39, 0.29) is 5.91 Å². The second kappa shape index (κ2) is 6.74. The molecule has 0 bridgehead atoms. The normalized spacial score (nSPS) is 10.3. The number of carbonyl (C=O) groups is 1. The summed E-state index contributed by atoms with van der Waals surface area (Å²) in [6, 6.07) is 14.8. The van der Waals surface area contributed by atoms with Crippen molar-refractivity contribution < 1.29 is 9.53 Å². The average Bonchev–Trinajstić information content (AvgIpc) is 3.05. The van der Waals surface area contributed by atoms with Gasteiger partial charge in [0, 0.05) is 18.3 Å². The third kappa shape index (κ3) is 3.74. The van der Waals surface area contributed by atoms with Gasteiger partial charge in [-0.25, -0.2) is 4.98 Å². The monoisotopic (exact) mass is 308 g/mol. The molecule has 3 aromatic rings. The molecule has 1 amide bonds. The number of pyridine rings is 1. The molecular weight excluding hydrogens is 292 g/mol. The van der Waals surface area contributed by atoms with Crippen molar-refractivity contribution in [2.75, 3.05) is 12.4 Å². The number of H-pyrrole nitrogens is 1. The number of ether oxygens (including phenoxy) is 1. The van der Waals surface area contributed by atoms with Crippen molar-refractivity contribution >= 4 is 11.7 Å².